The van der Waals surface area contributed by atoms with Gasteiger partial charge in [0.25, 0.3) is 0 Å². The number of H-pyrrole nitrogens is 1. The molecule has 12 heteroatoms. The monoisotopic (exact) mass is 537 g/mol. The number of nitrogens with two attached hydrogens (primary N) is 1. The fraction of sp³-hybridized carbons (Fsp3) is 0.500. The summed E-state index contributed by atoms with van der Waals surface area (Å²) < 4.78 is 0. The first-order valence-corrected chi connectivity index (χ1v) is 14.4. The van der Waals surface area contributed by atoms with E-state index in [2.05, 4.69) is 20.9 Å². The molecule has 0 aliphatic carbocycles. The van der Waals surface area contributed by atoms with Gasteiger partial charge >= 0.3 is 5.97 Å². The first-order valence-electron chi connectivity index (χ1n) is 11.6. The number of amides is 3. The van der Waals surface area contributed by atoms with E-state index in [0.29, 0.717) is 24.3 Å². The number of benzene rings is 1. The predicted octanol–water partition coefficient (Wildman–Crippen LogP) is 1.10. The summed E-state index contributed by atoms with van der Waals surface area (Å²) in [6.07, 6.45) is 6.52. The van der Waals surface area contributed by atoms with E-state index in [0.717, 1.165) is 16.5 Å². The number of rotatable bonds is 15. The summed E-state index contributed by atoms with van der Waals surface area (Å²) in [4.78, 5) is 53.3. The maximum Gasteiger partial charge on any atom is 0.325 e. The van der Waals surface area contributed by atoms with Crippen molar-refractivity contribution in [3.05, 3.63) is 36.0 Å². The Kier molecular flexibility index (Phi) is 12.1. The Morgan fingerprint density at radius 1 is 0.944 bits per heavy atom. The van der Waals surface area contributed by atoms with E-state index >= 15 is 0 Å². The molecule has 3 amide bonds. The van der Waals surface area contributed by atoms with E-state index < -0.39 is 47.9 Å². The topological polar surface area (TPSA) is 166 Å². The van der Waals surface area contributed by atoms with Crippen molar-refractivity contribution >= 4 is 58.1 Å². The van der Waals surface area contributed by atoms with E-state index in [4.69, 9.17) is 5.73 Å². The van der Waals surface area contributed by atoms with Crippen LogP contribution in [0.1, 0.15) is 25.3 Å². The lowest BCUT2D eigenvalue weighted by molar-refractivity contribution is -0.141. The van der Waals surface area contributed by atoms with Crippen molar-refractivity contribution in [2.45, 2.75) is 50.4 Å². The smallest absolute Gasteiger partial charge is 0.325 e. The van der Waals surface area contributed by atoms with Crippen LogP contribution in [-0.4, -0.2) is 82.0 Å². The lowest BCUT2D eigenvalue weighted by Crippen LogP contribution is -2.57. The molecule has 4 unspecified atom stereocenters. The standard InChI is InChI=1S/C24H35N5O5S2/c1-14(24(33)34)27-23(32)20(12-15-13-26-18-7-5-4-6-16(15)18)29-22(31)19(9-11-36-3)28-21(30)17(25)8-10-35-2/h4-7,13-14,17,19-20,26H,8-12,25H2,1-3H3,(H,27,32)(H,28,30)(H,29,31)(H,33,34). The summed E-state index contributed by atoms with van der Waals surface area (Å²) in [5.41, 5.74) is 7.64. The summed E-state index contributed by atoms with van der Waals surface area (Å²) in [5, 5.41) is 18.0. The second-order valence-corrected chi connectivity index (χ2v) is 10.4. The van der Waals surface area contributed by atoms with Gasteiger partial charge in [0.2, 0.25) is 17.7 Å². The lowest BCUT2D eigenvalue weighted by atomic mass is 10.0. The number of aromatic nitrogens is 1. The number of carboxylic acids is 1. The molecule has 2 aromatic rings. The number of carbonyl (C=O) groups is 4. The molecule has 1 aromatic carbocycles. The number of hydrogen-bond acceptors (Lipinski definition) is 7. The molecule has 0 aliphatic heterocycles. The Labute approximate surface area is 219 Å². The van der Waals surface area contributed by atoms with E-state index in [1.54, 1.807) is 18.0 Å². The van der Waals surface area contributed by atoms with Crippen LogP contribution in [0, 0.1) is 0 Å². The van der Waals surface area contributed by atoms with Gasteiger partial charge in [0.1, 0.15) is 18.1 Å². The minimum atomic E-state index is -1.19. The van der Waals surface area contributed by atoms with Crippen LogP contribution in [0.5, 0.6) is 0 Å². The van der Waals surface area contributed by atoms with Crippen LogP contribution in [0.3, 0.4) is 0 Å². The number of carboxylic acid groups (broad SMARTS) is 1. The minimum absolute atomic E-state index is 0.129. The van der Waals surface area contributed by atoms with Crippen molar-refractivity contribution in [1.82, 2.24) is 20.9 Å². The number of aromatic amines is 1. The van der Waals surface area contributed by atoms with Gasteiger partial charge in [0.15, 0.2) is 0 Å². The quantitative estimate of drug-likeness (QED) is 0.196. The van der Waals surface area contributed by atoms with Gasteiger partial charge in [-0.1, -0.05) is 18.2 Å². The van der Waals surface area contributed by atoms with Gasteiger partial charge in [-0.3, -0.25) is 19.2 Å². The Balaban J connectivity index is 2.23. The third-order valence-corrected chi connectivity index (χ3v) is 6.96. The van der Waals surface area contributed by atoms with Gasteiger partial charge in [-0.05, 0) is 55.4 Å². The third kappa shape index (κ3) is 8.75. The van der Waals surface area contributed by atoms with E-state index in [-0.39, 0.29) is 6.42 Å². The van der Waals surface area contributed by atoms with Crippen molar-refractivity contribution in [1.29, 1.82) is 0 Å². The average Bonchev–Trinajstić information content (AvgIpc) is 3.26. The summed E-state index contributed by atoms with van der Waals surface area (Å²) in [6.45, 7) is 1.35. The van der Waals surface area contributed by atoms with Gasteiger partial charge in [0, 0.05) is 23.5 Å². The van der Waals surface area contributed by atoms with Crippen molar-refractivity contribution in [3.63, 3.8) is 0 Å². The predicted molar refractivity (Wildman–Crippen MR) is 145 cm³/mol. The van der Waals surface area contributed by atoms with Crippen LogP contribution < -0.4 is 21.7 Å². The largest absolute Gasteiger partial charge is 0.480 e. The van der Waals surface area contributed by atoms with Crippen molar-refractivity contribution in [2.75, 3.05) is 24.0 Å². The molecule has 36 heavy (non-hydrogen) atoms. The number of para-hydroxylation sites is 1. The highest BCUT2D eigenvalue weighted by Gasteiger charge is 2.30. The lowest BCUT2D eigenvalue weighted by Gasteiger charge is -2.24. The van der Waals surface area contributed by atoms with Gasteiger partial charge in [-0.25, -0.2) is 0 Å². The van der Waals surface area contributed by atoms with Crippen LogP contribution in [0.2, 0.25) is 0 Å². The zero-order chi connectivity index (χ0) is 26.7. The van der Waals surface area contributed by atoms with Crippen molar-refractivity contribution in [3.8, 4) is 0 Å². The van der Waals surface area contributed by atoms with Crippen molar-refractivity contribution < 1.29 is 24.3 Å². The van der Waals surface area contributed by atoms with Crippen molar-refractivity contribution in [2.24, 2.45) is 5.73 Å². The molecular weight excluding hydrogens is 502 g/mol. The molecule has 2 rings (SSSR count). The molecule has 0 radical (unpaired) electrons. The second-order valence-electron chi connectivity index (χ2n) is 8.42. The first-order chi connectivity index (χ1) is 17.2. The molecule has 198 valence electrons. The highest BCUT2D eigenvalue weighted by Crippen LogP contribution is 2.19. The first kappa shape index (κ1) is 29.5. The number of aliphatic carboxylic acids is 1. The summed E-state index contributed by atoms with van der Waals surface area (Å²) >= 11 is 3.10. The summed E-state index contributed by atoms with van der Waals surface area (Å²) in [6, 6.07) is 3.71. The number of fused-ring (bicyclic) bond motifs is 1. The maximum absolute atomic E-state index is 13.3. The van der Waals surface area contributed by atoms with E-state index in [1.165, 1.54) is 18.7 Å². The molecule has 0 saturated heterocycles. The third-order valence-electron chi connectivity index (χ3n) is 5.67. The zero-order valence-electron chi connectivity index (χ0n) is 20.7. The molecule has 0 fully saturated rings. The fourth-order valence-corrected chi connectivity index (χ4v) is 4.50. The maximum atomic E-state index is 13.3. The number of hydrogen-bond donors (Lipinski definition) is 6. The number of nitrogens with one attached hydrogen (secondary N) is 4. The SMILES string of the molecule is CSCCC(N)C(=O)NC(CCSC)C(=O)NC(Cc1c[nH]c2ccccc12)C(=O)NC(C)C(=O)O. The Bertz CT molecular complexity index is 1050. The average molecular weight is 538 g/mol. The normalized spacial score (nSPS) is 14.4. The molecular formula is C24H35N5O5S2. The molecule has 1 heterocycles. The second kappa shape index (κ2) is 14.8. The minimum Gasteiger partial charge on any atom is -0.480 e. The Hall–Kier alpha value is -2.70. The molecule has 7 N–H and O–H groups in total. The molecule has 0 bridgehead atoms. The number of carbonyl (C=O) groups excluding carboxylic acids is 3. The van der Waals surface area contributed by atoms with Crippen LogP contribution in [-0.2, 0) is 25.6 Å². The Morgan fingerprint density at radius 3 is 2.22 bits per heavy atom. The Morgan fingerprint density at radius 2 is 1.56 bits per heavy atom. The van der Waals surface area contributed by atoms with Gasteiger partial charge in [-0.2, -0.15) is 23.5 Å². The summed E-state index contributed by atoms with van der Waals surface area (Å²) in [5.74, 6) is -1.46. The van der Waals surface area contributed by atoms with Crippen LogP contribution in [0.25, 0.3) is 10.9 Å². The van der Waals surface area contributed by atoms with E-state index in [1.807, 2.05) is 36.8 Å². The van der Waals surface area contributed by atoms with Crippen LogP contribution >= 0.6 is 23.5 Å². The number of thioether (sulfide) groups is 2. The zero-order valence-corrected chi connectivity index (χ0v) is 22.3. The van der Waals surface area contributed by atoms with Gasteiger partial charge < -0.3 is 31.8 Å². The molecule has 1 aromatic heterocycles. The molecule has 0 aliphatic rings. The highest BCUT2D eigenvalue weighted by molar-refractivity contribution is 7.98. The van der Waals surface area contributed by atoms with E-state index in [9.17, 15) is 24.3 Å². The van der Waals surface area contributed by atoms with Gasteiger partial charge in [0.05, 0.1) is 6.04 Å². The highest BCUT2D eigenvalue weighted by atomic mass is 32.2. The van der Waals surface area contributed by atoms with Crippen LogP contribution in [0.4, 0.5) is 0 Å². The molecule has 10 nitrogen and oxygen atoms in total. The molecule has 0 saturated carbocycles. The summed E-state index contributed by atoms with van der Waals surface area (Å²) in [7, 11) is 0. The molecule has 4 atom stereocenters. The molecule has 0 spiro atoms. The fourth-order valence-electron chi connectivity index (χ4n) is 3.54. The van der Waals surface area contributed by atoms with Gasteiger partial charge in [-0.15, -0.1) is 0 Å². The van der Waals surface area contributed by atoms with Crippen LogP contribution in [0.15, 0.2) is 30.5 Å².